The minimum Gasteiger partial charge on any atom is -0.396 e. The van der Waals surface area contributed by atoms with Crippen LogP contribution in [0, 0.1) is 17.2 Å². The van der Waals surface area contributed by atoms with Crippen molar-refractivity contribution >= 4 is 32.6 Å². The van der Waals surface area contributed by atoms with Gasteiger partial charge in [0.2, 0.25) is 10.0 Å². The lowest BCUT2D eigenvalue weighted by molar-refractivity contribution is 0.150. The fourth-order valence-corrected chi connectivity index (χ4v) is 6.15. The minimum absolute atomic E-state index is 0.0707. The highest BCUT2D eigenvalue weighted by atomic mass is 32.2. The molecule has 1 saturated heterocycles. The van der Waals surface area contributed by atoms with Gasteiger partial charge in [-0.2, -0.15) is 9.98 Å². The molecule has 0 atom stereocenters. The summed E-state index contributed by atoms with van der Waals surface area (Å²) in [5, 5.41) is 25.8. The number of nitrogens with zero attached hydrogens (tertiary/aromatic N) is 6. The van der Waals surface area contributed by atoms with Crippen LogP contribution in [0.4, 0.5) is 14.5 Å². The van der Waals surface area contributed by atoms with Crippen LogP contribution in [0.5, 0.6) is 0 Å². The van der Waals surface area contributed by atoms with E-state index in [0.29, 0.717) is 48.5 Å². The maximum Gasteiger partial charge on any atom is 0.291 e. The second-order valence-electron chi connectivity index (χ2n) is 8.56. The Morgan fingerprint density at radius 2 is 2.06 bits per heavy atom. The zero-order valence-electron chi connectivity index (χ0n) is 17.9. The van der Waals surface area contributed by atoms with Gasteiger partial charge in [-0.1, -0.05) is 11.3 Å². The largest absolute Gasteiger partial charge is 0.396 e. The number of pyridine rings is 1. The van der Waals surface area contributed by atoms with Crippen LogP contribution >= 0.6 is 11.3 Å². The molecular formula is C20H21F2N7O3S2. The van der Waals surface area contributed by atoms with E-state index in [4.69, 9.17) is 0 Å². The molecule has 34 heavy (non-hydrogen) atoms. The number of alkyl halides is 2. The lowest BCUT2D eigenvalue weighted by Gasteiger charge is -2.33. The first kappa shape index (κ1) is 23.0. The Morgan fingerprint density at radius 3 is 2.65 bits per heavy atom. The third kappa shape index (κ3) is 4.13. The summed E-state index contributed by atoms with van der Waals surface area (Å²) in [7, 11) is -4.06. The zero-order valence-corrected chi connectivity index (χ0v) is 19.5. The van der Waals surface area contributed by atoms with Crippen LogP contribution in [0.25, 0.3) is 16.3 Å². The first-order valence-corrected chi connectivity index (χ1v) is 13.0. The Morgan fingerprint density at radius 1 is 1.32 bits per heavy atom. The van der Waals surface area contributed by atoms with E-state index in [9.17, 15) is 27.6 Å². The average Bonchev–Trinajstić information content (AvgIpc) is 3.22. The smallest absolute Gasteiger partial charge is 0.291 e. The van der Waals surface area contributed by atoms with Gasteiger partial charge >= 0.3 is 0 Å². The average molecular weight is 510 g/mol. The monoisotopic (exact) mass is 509 g/mol. The molecule has 14 heteroatoms. The number of rotatable bonds is 7. The van der Waals surface area contributed by atoms with Crippen LogP contribution in [-0.4, -0.2) is 58.3 Å². The van der Waals surface area contributed by atoms with Gasteiger partial charge < -0.3 is 10.0 Å². The van der Waals surface area contributed by atoms with Crippen molar-refractivity contribution < 1.29 is 22.3 Å². The molecule has 3 aromatic rings. The summed E-state index contributed by atoms with van der Waals surface area (Å²) in [5.74, 6) is 0.380. The van der Waals surface area contributed by atoms with Crippen LogP contribution in [0.1, 0.15) is 37.1 Å². The third-order valence-electron chi connectivity index (χ3n) is 6.23. The van der Waals surface area contributed by atoms with Crippen LogP contribution in [-0.2, 0) is 10.0 Å². The number of hydrogen-bond donors (Lipinski definition) is 2. The quantitative estimate of drug-likeness (QED) is 0.495. The Kier molecular flexibility index (Phi) is 5.75. The second-order valence-corrected chi connectivity index (χ2v) is 11.2. The van der Waals surface area contributed by atoms with E-state index < -0.39 is 27.0 Å². The Labute approximate surface area is 197 Å². The van der Waals surface area contributed by atoms with Crippen molar-refractivity contribution in [2.45, 2.75) is 42.5 Å². The summed E-state index contributed by atoms with van der Waals surface area (Å²) in [6.07, 6.45) is 2.49. The first-order valence-electron chi connectivity index (χ1n) is 10.7. The van der Waals surface area contributed by atoms with Gasteiger partial charge in [-0.05, 0) is 37.7 Å². The van der Waals surface area contributed by atoms with Gasteiger partial charge in [0.25, 0.3) is 6.43 Å². The molecule has 0 radical (unpaired) electrons. The summed E-state index contributed by atoms with van der Waals surface area (Å²) in [5.41, 5.74) is 0.0985. The molecule has 2 aliphatic rings. The number of imidazole rings is 1. The normalized spacial score (nSPS) is 18.5. The molecule has 3 aromatic heterocycles. The summed E-state index contributed by atoms with van der Waals surface area (Å²) < 4.78 is 56.6. The van der Waals surface area contributed by atoms with Gasteiger partial charge in [0, 0.05) is 25.9 Å². The molecule has 5 rings (SSSR count). The van der Waals surface area contributed by atoms with Gasteiger partial charge in [-0.25, -0.2) is 22.2 Å². The first-order chi connectivity index (χ1) is 16.2. The highest BCUT2D eigenvalue weighted by molar-refractivity contribution is 7.89. The number of aliphatic hydroxyl groups excluding tert-OH is 1. The number of halogens is 2. The number of anilines is 1. The van der Waals surface area contributed by atoms with Gasteiger partial charge in [0.15, 0.2) is 15.8 Å². The molecule has 1 saturated carbocycles. The molecule has 0 unspecified atom stereocenters. The van der Waals surface area contributed by atoms with Crippen molar-refractivity contribution in [2.24, 2.45) is 5.92 Å². The molecule has 0 spiro atoms. The van der Waals surface area contributed by atoms with Crippen molar-refractivity contribution in [2.75, 3.05) is 24.6 Å². The number of piperidine rings is 1. The molecule has 0 aromatic carbocycles. The van der Waals surface area contributed by atoms with E-state index in [2.05, 4.69) is 19.9 Å². The summed E-state index contributed by atoms with van der Waals surface area (Å²) in [6, 6.07) is 3.56. The van der Waals surface area contributed by atoms with Gasteiger partial charge in [-0.3, -0.25) is 4.40 Å². The number of aliphatic hydroxyl groups is 1. The molecule has 180 valence electrons. The molecule has 0 bridgehead atoms. The SMILES string of the molecule is N#CC1(NS(=O)(=O)c2cc(N3CCC(CO)CC3)c3cnc(-c4nnc(C(F)F)s4)n3c2)CC1. The molecule has 1 aliphatic heterocycles. The van der Waals surface area contributed by atoms with Crippen molar-refractivity contribution in [3.63, 3.8) is 0 Å². The van der Waals surface area contributed by atoms with Crippen LogP contribution < -0.4 is 9.62 Å². The van der Waals surface area contributed by atoms with E-state index in [0.717, 1.165) is 12.8 Å². The summed E-state index contributed by atoms with van der Waals surface area (Å²) in [4.78, 5) is 6.29. The number of nitrogens with one attached hydrogen (secondary N) is 1. The van der Waals surface area contributed by atoms with Crippen LogP contribution in [0.3, 0.4) is 0 Å². The Balaban J connectivity index is 1.62. The standard InChI is InChI=1S/C20H21F2N7O3S2/c21-16(22)18-25-26-19(33-18)17-24-8-15-14(28-5-1-12(10-30)2-6-28)7-13(9-29(15)17)34(31,32)27-20(11-23)3-4-20/h7-9,12,16,27,30H,1-6,10H2. The molecule has 1 aliphatic carbocycles. The van der Waals surface area contributed by atoms with Gasteiger partial charge in [0.05, 0.1) is 23.5 Å². The topological polar surface area (TPSA) is 137 Å². The maximum atomic E-state index is 13.2. The lowest BCUT2D eigenvalue weighted by atomic mass is 9.97. The number of nitriles is 1. The highest BCUT2D eigenvalue weighted by Crippen LogP contribution is 2.38. The van der Waals surface area contributed by atoms with E-state index in [-0.39, 0.29) is 28.3 Å². The number of hydrogen-bond acceptors (Lipinski definition) is 9. The van der Waals surface area contributed by atoms with Crippen molar-refractivity contribution in [1.29, 1.82) is 5.26 Å². The van der Waals surface area contributed by atoms with Gasteiger partial charge in [-0.15, -0.1) is 10.2 Å². The Hall–Kier alpha value is -2.73. The number of sulfonamides is 1. The van der Waals surface area contributed by atoms with E-state index in [1.165, 1.54) is 10.6 Å². The predicted octanol–water partition coefficient (Wildman–Crippen LogP) is 2.33. The lowest BCUT2D eigenvalue weighted by Crippen LogP contribution is -2.37. The molecular weight excluding hydrogens is 488 g/mol. The summed E-state index contributed by atoms with van der Waals surface area (Å²) in [6.45, 7) is 1.31. The third-order valence-corrected chi connectivity index (χ3v) is 8.66. The van der Waals surface area contributed by atoms with Crippen LogP contribution in [0.2, 0.25) is 0 Å². The van der Waals surface area contributed by atoms with Crippen molar-refractivity contribution in [3.05, 3.63) is 23.5 Å². The van der Waals surface area contributed by atoms with Crippen LogP contribution in [0.15, 0.2) is 23.4 Å². The highest BCUT2D eigenvalue weighted by Gasteiger charge is 2.47. The fourth-order valence-electron chi connectivity index (χ4n) is 4.06. The molecule has 2 N–H and O–H groups in total. The van der Waals surface area contributed by atoms with Crippen molar-refractivity contribution in [1.82, 2.24) is 24.3 Å². The van der Waals surface area contributed by atoms with Gasteiger partial charge in [0.1, 0.15) is 10.4 Å². The minimum atomic E-state index is -4.06. The predicted molar refractivity (Wildman–Crippen MR) is 119 cm³/mol. The fraction of sp³-hybridized carbons (Fsp3) is 0.500. The van der Waals surface area contributed by atoms with Crippen molar-refractivity contribution in [3.8, 4) is 16.9 Å². The second kappa shape index (κ2) is 8.49. The molecule has 0 amide bonds. The maximum absolute atomic E-state index is 13.2. The molecule has 4 heterocycles. The number of fused-ring (bicyclic) bond motifs is 1. The number of aromatic nitrogens is 4. The van der Waals surface area contributed by atoms with E-state index in [1.54, 1.807) is 12.3 Å². The Bertz CT molecular complexity index is 1370. The molecule has 2 fully saturated rings. The zero-order chi connectivity index (χ0) is 24.1. The van der Waals surface area contributed by atoms with E-state index in [1.807, 2.05) is 11.0 Å². The molecule has 10 nitrogen and oxygen atoms in total. The summed E-state index contributed by atoms with van der Waals surface area (Å²) >= 11 is 0.690. The van der Waals surface area contributed by atoms with E-state index >= 15 is 0 Å².